The molecule has 0 saturated carbocycles. The van der Waals surface area contributed by atoms with Crippen molar-refractivity contribution in [2.45, 2.75) is 31.1 Å². The smallest absolute Gasteiger partial charge is 0.386 e. The summed E-state index contributed by atoms with van der Waals surface area (Å²) in [7, 11) is -9.91. The molecule has 4 aromatic rings. The van der Waals surface area contributed by atoms with E-state index in [-0.39, 0.29) is 36.0 Å². The summed E-state index contributed by atoms with van der Waals surface area (Å²) in [5.41, 5.74) is 12.7. The standard InChI is InChI=1S/C18H24N10O11P2/c19-14-10-16(23-4-21-14)27(6-25-10)1-2-35-8-37-41(33,34)39-13-9(3-36-40(30,31)32)38-18(12(13)29)28-7-26-11-15(20)22-5-24-17(11)28/h4-7,9,12-13,18,29H,1-3,8H2,(H,33,34)(H2,19,21,23)(H2,20,22,24)(H2,30,31,32)/t9-,12-,13-,18-/m1/s1. The summed E-state index contributed by atoms with van der Waals surface area (Å²) in [4.78, 5) is 52.5. The van der Waals surface area contributed by atoms with Gasteiger partial charge in [-0.05, 0) is 0 Å². The molecule has 1 unspecified atom stereocenters. The highest BCUT2D eigenvalue weighted by atomic mass is 31.2. The van der Waals surface area contributed by atoms with Gasteiger partial charge in [0, 0.05) is 6.54 Å². The number of nitrogens with two attached hydrogens (primary N) is 2. The highest BCUT2D eigenvalue weighted by molar-refractivity contribution is 7.47. The Morgan fingerprint density at radius 2 is 1.59 bits per heavy atom. The molecule has 23 heteroatoms. The lowest BCUT2D eigenvalue weighted by Crippen LogP contribution is -2.36. The van der Waals surface area contributed by atoms with Crippen LogP contribution in [-0.4, -0.2) is 97.1 Å². The van der Waals surface area contributed by atoms with E-state index in [1.54, 1.807) is 4.57 Å². The molecule has 41 heavy (non-hydrogen) atoms. The number of rotatable bonds is 12. The molecule has 21 nitrogen and oxygen atoms in total. The van der Waals surface area contributed by atoms with Crippen LogP contribution in [-0.2, 0) is 38.7 Å². The predicted octanol–water partition coefficient (Wildman–Crippen LogP) is -1.33. The van der Waals surface area contributed by atoms with Gasteiger partial charge in [0.15, 0.2) is 36.0 Å². The van der Waals surface area contributed by atoms with Crippen molar-refractivity contribution in [2.75, 3.05) is 31.5 Å². The molecular formula is C18H24N10O11P2. The van der Waals surface area contributed by atoms with Crippen LogP contribution in [0.4, 0.5) is 11.6 Å². The number of hydrogen-bond acceptors (Lipinski definition) is 16. The van der Waals surface area contributed by atoms with Gasteiger partial charge in [0.05, 0.1) is 25.9 Å². The third kappa shape index (κ3) is 6.50. The van der Waals surface area contributed by atoms with Gasteiger partial charge in [0.2, 0.25) is 0 Å². The van der Waals surface area contributed by atoms with Gasteiger partial charge in [-0.2, -0.15) is 0 Å². The number of aromatic nitrogens is 8. The molecule has 1 aliphatic rings. The number of anilines is 2. The average Bonchev–Trinajstić information content (AvgIpc) is 3.60. The van der Waals surface area contributed by atoms with Gasteiger partial charge in [0.1, 0.15) is 42.0 Å². The molecule has 0 aliphatic carbocycles. The fourth-order valence-electron chi connectivity index (χ4n) is 4.01. The Hall–Kier alpha value is -3.20. The first-order valence-electron chi connectivity index (χ1n) is 11.5. The Morgan fingerprint density at radius 1 is 0.927 bits per heavy atom. The number of nitrogen functional groups attached to an aromatic ring is 2. The number of fused-ring (bicyclic) bond motifs is 2. The van der Waals surface area contributed by atoms with Gasteiger partial charge in [-0.1, -0.05) is 0 Å². The molecule has 0 amide bonds. The summed E-state index contributed by atoms with van der Waals surface area (Å²) in [6.07, 6.45) is -1.03. The van der Waals surface area contributed by atoms with Crippen LogP contribution in [0.1, 0.15) is 6.23 Å². The monoisotopic (exact) mass is 618 g/mol. The van der Waals surface area contributed by atoms with E-state index in [2.05, 4.69) is 34.4 Å². The summed E-state index contributed by atoms with van der Waals surface area (Å²) < 4.78 is 52.2. The van der Waals surface area contributed by atoms with Crippen LogP contribution < -0.4 is 11.5 Å². The maximum absolute atomic E-state index is 12.7. The van der Waals surface area contributed by atoms with Gasteiger partial charge in [-0.25, -0.2) is 39.0 Å². The second kappa shape index (κ2) is 11.6. The SMILES string of the molecule is Nc1ncnc2c1ncn2CCOCOP(=O)(O)O[C@H]1[C@@H](O)[C@H](n2cnc3c(N)ncnc32)O[C@@H]1COP(=O)(O)O. The normalized spacial score (nSPS) is 22.9. The lowest BCUT2D eigenvalue weighted by atomic mass is 10.1. The molecule has 222 valence electrons. The van der Waals surface area contributed by atoms with Gasteiger partial charge in [0.25, 0.3) is 0 Å². The lowest BCUT2D eigenvalue weighted by molar-refractivity contribution is -0.0527. The lowest BCUT2D eigenvalue weighted by Gasteiger charge is -2.23. The van der Waals surface area contributed by atoms with Crippen molar-refractivity contribution < 1.29 is 52.0 Å². The van der Waals surface area contributed by atoms with Crippen LogP contribution in [0.5, 0.6) is 0 Å². The van der Waals surface area contributed by atoms with Crippen molar-refractivity contribution in [2.24, 2.45) is 0 Å². The molecule has 5 rings (SSSR count). The van der Waals surface area contributed by atoms with E-state index in [0.29, 0.717) is 11.2 Å². The zero-order valence-corrected chi connectivity index (χ0v) is 22.5. The Morgan fingerprint density at radius 3 is 2.29 bits per heavy atom. The van der Waals surface area contributed by atoms with Crippen LogP contribution >= 0.6 is 15.6 Å². The number of ether oxygens (including phenoxy) is 2. The highest BCUT2D eigenvalue weighted by Gasteiger charge is 2.50. The van der Waals surface area contributed by atoms with E-state index in [1.165, 1.54) is 23.5 Å². The third-order valence-electron chi connectivity index (χ3n) is 5.84. The zero-order valence-electron chi connectivity index (χ0n) is 20.7. The maximum Gasteiger partial charge on any atom is 0.474 e. The number of hydrogen-bond donors (Lipinski definition) is 6. The number of phosphoric ester groups is 2. The zero-order chi connectivity index (χ0) is 29.4. The second-order valence-corrected chi connectivity index (χ2v) is 11.1. The average molecular weight is 618 g/mol. The molecule has 0 radical (unpaired) electrons. The minimum Gasteiger partial charge on any atom is -0.386 e. The minimum atomic E-state index is -4.98. The molecule has 1 saturated heterocycles. The van der Waals surface area contributed by atoms with Gasteiger partial charge >= 0.3 is 15.6 Å². The fourth-order valence-corrected chi connectivity index (χ4v) is 5.19. The number of phosphoric acid groups is 2. The molecule has 5 atom stereocenters. The minimum absolute atomic E-state index is 0.00402. The molecule has 0 bridgehead atoms. The Labute approximate surface area is 228 Å². The van der Waals surface area contributed by atoms with Crippen molar-refractivity contribution in [3.8, 4) is 0 Å². The second-order valence-electron chi connectivity index (χ2n) is 8.49. The maximum atomic E-state index is 12.7. The van der Waals surface area contributed by atoms with Gasteiger partial charge < -0.3 is 45.3 Å². The summed E-state index contributed by atoms with van der Waals surface area (Å²) in [5, 5.41) is 11.0. The third-order valence-corrected chi connectivity index (χ3v) is 7.26. The van der Waals surface area contributed by atoms with E-state index in [4.69, 9.17) is 39.8 Å². The summed E-state index contributed by atoms with van der Waals surface area (Å²) in [6, 6.07) is 0. The van der Waals surface area contributed by atoms with Crippen molar-refractivity contribution in [1.29, 1.82) is 0 Å². The van der Waals surface area contributed by atoms with Crippen LogP contribution in [0.2, 0.25) is 0 Å². The highest BCUT2D eigenvalue weighted by Crippen LogP contribution is 2.49. The van der Waals surface area contributed by atoms with E-state index in [9.17, 15) is 19.1 Å². The molecule has 1 aliphatic heterocycles. The molecular weight excluding hydrogens is 594 g/mol. The molecule has 0 aromatic carbocycles. The Bertz CT molecular complexity index is 1630. The Balaban J connectivity index is 1.22. The first-order valence-corrected chi connectivity index (χ1v) is 14.6. The predicted molar refractivity (Wildman–Crippen MR) is 134 cm³/mol. The van der Waals surface area contributed by atoms with Crippen LogP contribution in [0.25, 0.3) is 22.3 Å². The molecule has 4 aromatic heterocycles. The first-order chi connectivity index (χ1) is 19.4. The fraction of sp³-hybridized carbons (Fsp3) is 0.444. The van der Waals surface area contributed by atoms with Gasteiger partial charge in [-0.15, -0.1) is 0 Å². The van der Waals surface area contributed by atoms with Gasteiger partial charge in [-0.3, -0.25) is 18.1 Å². The van der Waals surface area contributed by atoms with E-state index in [1.807, 2.05) is 0 Å². The van der Waals surface area contributed by atoms with Crippen LogP contribution in [0.3, 0.4) is 0 Å². The summed E-state index contributed by atoms with van der Waals surface area (Å²) >= 11 is 0. The Kier molecular flexibility index (Phi) is 8.28. The van der Waals surface area contributed by atoms with Crippen LogP contribution in [0.15, 0.2) is 25.3 Å². The molecule has 1 fully saturated rings. The number of nitrogens with zero attached hydrogens (tertiary/aromatic N) is 8. The number of imidazole rings is 2. The van der Waals surface area contributed by atoms with E-state index in [0.717, 1.165) is 6.33 Å². The van der Waals surface area contributed by atoms with Crippen LogP contribution in [0, 0.1) is 0 Å². The van der Waals surface area contributed by atoms with E-state index < -0.39 is 53.6 Å². The number of aliphatic hydroxyl groups is 1. The summed E-state index contributed by atoms with van der Waals surface area (Å²) in [6.45, 7) is -1.28. The van der Waals surface area contributed by atoms with Crippen molar-refractivity contribution in [3.05, 3.63) is 25.3 Å². The van der Waals surface area contributed by atoms with Crippen molar-refractivity contribution >= 4 is 49.6 Å². The quantitative estimate of drug-likeness (QED) is 0.0609. The van der Waals surface area contributed by atoms with E-state index >= 15 is 0 Å². The number of aliphatic hydroxyl groups excluding tert-OH is 1. The first kappa shape index (κ1) is 29.3. The molecule has 5 heterocycles. The largest absolute Gasteiger partial charge is 0.474 e. The van der Waals surface area contributed by atoms with Crippen molar-refractivity contribution in [3.63, 3.8) is 0 Å². The van der Waals surface area contributed by atoms with Crippen molar-refractivity contribution in [1.82, 2.24) is 39.0 Å². The molecule has 0 spiro atoms. The topological polar surface area (TPSA) is 300 Å². The molecule has 8 N–H and O–H groups in total. The summed E-state index contributed by atoms with van der Waals surface area (Å²) in [5.74, 6) is 0.252.